The molecule has 1 amide bonds. The molecular weight excluding hydrogens is 420 g/mol. The Balaban J connectivity index is 1.48. The van der Waals surface area contributed by atoms with Gasteiger partial charge in [0.15, 0.2) is 22.6 Å². The molecule has 3 aromatic rings. The Morgan fingerprint density at radius 2 is 1.77 bits per heavy atom. The van der Waals surface area contributed by atoms with E-state index in [1.165, 1.54) is 37.1 Å². The van der Waals surface area contributed by atoms with Gasteiger partial charge in [-0.3, -0.25) is 14.3 Å². The molecule has 31 heavy (non-hydrogen) atoms. The van der Waals surface area contributed by atoms with Gasteiger partial charge < -0.3 is 5.32 Å². The maximum absolute atomic E-state index is 13.4. The summed E-state index contributed by atoms with van der Waals surface area (Å²) in [7, 11) is 0. The summed E-state index contributed by atoms with van der Waals surface area (Å²) in [6.45, 7) is 2.78. The van der Waals surface area contributed by atoms with E-state index in [2.05, 4.69) is 20.4 Å². The molecule has 2 aromatic carbocycles. The molecule has 0 atom stereocenters. The van der Waals surface area contributed by atoms with Gasteiger partial charge >= 0.3 is 0 Å². The molecule has 2 heterocycles. The number of hydrogen-bond acceptors (Lipinski definition) is 5. The van der Waals surface area contributed by atoms with Crippen LogP contribution in [0.15, 0.2) is 53.7 Å². The minimum Gasteiger partial charge on any atom is -0.325 e. The topological polar surface area (TPSA) is 63.1 Å². The molecule has 1 N–H and O–H groups in total. The Morgan fingerprint density at radius 3 is 2.52 bits per heavy atom. The Morgan fingerprint density at radius 1 is 1.00 bits per heavy atom. The van der Waals surface area contributed by atoms with Crippen molar-refractivity contribution in [3.63, 3.8) is 0 Å². The summed E-state index contributed by atoms with van der Waals surface area (Å²) in [5.41, 5.74) is 1.14. The average molecular weight is 444 g/mol. The number of amides is 1. The SMILES string of the molecule is O=C(CSc1nnc(CN2CCCCC2)n1-c1ccccc1)Nc1ccc(F)c(F)c1. The molecule has 4 rings (SSSR count). The number of piperidine rings is 1. The van der Waals surface area contributed by atoms with Crippen LogP contribution in [0.2, 0.25) is 0 Å². The van der Waals surface area contributed by atoms with Gasteiger partial charge in [0.2, 0.25) is 5.91 Å². The van der Waals surface area contributed by atoms with Crippen molar-refractivity contribution >= 4 is 23.4 Å². The number of carbonyl (C=O) groups is 1. The van der Waals surface area contributed by atoms with Crippen LogP contribution >= 0.6 is 11.8 Å². The highest BCUT2D eigenvalue weighted by molar-refractivity contribution is 7.99. The average Bonchev–Trinajstić information content (AvgIpc) is 3.18. The third-order valence-corrected chi connectivity index (χ3v) is 5.99. The number of nitrogens with one attached hydrogen (secondary N) is 1. The summed E-state index contributed by atoms with van der Waals surface area (Å²) in [6, 6.07) is 13.1. The summed E-state index contributed by atoms with van der Waals surface area (Å²) in [5.74, 6) is -1.40. The zero-order valence-corrected chi connectivity index (χ0v) is 17.7. The predicted molar refractivity (Wildman–Crippen MR) is 116 cm³/mol. The van der Waals surface area contributed by atoms with E-state index >= 15 is 0 Å². The maximum Gasteiger partial charge on any atom is 0.234 e. The highest BCUT2D eigenvalue weighted by Crippen LogP contribution is 2.24. The van der Waals surface area contributed by atoms with E-state index in [0.717, 1.165) is 36.7 Å². The van der Waals surface area contributed by atoms with Crippen molar-refractivity contribution in [2.24, 2.45) is 0 Å². The lowest BCUT2D eigenvalue weighted by atomic mass is 10.1. The summed E-state index contributed by atoms with van der Waals surface area (Å²) >= 11 is 1.25. The van der Waals surface area contributed by atoms with Crippen LogP contribution in [-0.2, 0) is 11.3 Å². The minimum atomic E-state index is -1.00. The van der Waals surface area contributed by atoms with Crippen molar-refractivity contribution in [1.82, 2.24) is 19.7 Å². The van der Waals surface area contributed by atoms with Crippen LogP contribution in [0.1, 0.15) is 25.1 Å². The first-order valence-corrected chi connectivity index (χ1v) is 11.2. The van der Waals surface area contributed by atoms with Gasteiger partial charge in [0.05, 0.1) is 12.3 Å². The molecule has 1 aliphatic rings. The Labute approximate surface area is 183 Å². The number of para-hydroxylation sites is 1. The number of benzene rings is 2. The van der Waals surface area contributed by atoms with Crippen LogP contribution in [0.3, 0.4) is 0 Å². The normalized spacial score (nSPS) is 14.5. The molecule has 9 heteroatoms. The second kappa shape index (κ2) is 10.0. The summed E-state index contributed by atoms with van der Waals surface area (Å²) in [4.78, 5) is 14.7. The first kappa shape index (κ1) is 21.5. The van der Waals surface area contributed by atoms with Crippen molar-refractivity contribution in [2.75, 3.05) is 24.2 Å². The molecule has 6 nitrogen and oxygen atoms in total. The second-order valence-corrected chi connectivity index (χ2v) is 8.31. The predicted octanol–water partition coefficient (Wildman–Crippen LogP) is 4.26. The molecule has 0 unspecified atom stereocenters. The number of anilines is 1. The van der Waals surface area contributed by atoms with Gasteiger partial charge in [0.25, 0.3) is 0 Å². The van der Waals surface area contributed by atoms with Crippen molar-refractivity contribution < 1.29 is 13.6 Å². The lowest BCUT2D eigenvalue weighted by Gasteiger charge is -2.26. The number of likely N-dealkylation sites (tertiary alicyclic amines) is 1. The minimum absolute atomic E-state index is 0.0632. The van der Waals surface area contributed by atoms with Crippen LogP contribution in [0.4, 0.5) is 14.5 Å². The molecule has 1 fully saturated rings. The first-order chi connectivity index (χ1) is 15.1. The van der Waals surface area contributed by atoms with E-state index in [9.17, 15) is 13.6 Å². The zero-order chi connectivity index (χ0) is 21.6. The van der Waals surface area contributed by atoms with E-state index in [-0.39, 0.29) is 17.3 Å². The number of aromatic nitrogens is 3. The lowest BCUT2D eigenvalue weighted by Crippen LogP contribution is -2.30. The zero-order valence-electron chi connectivity index (χ0n) is 16.9. The summed E-state index contributed by atoms with van der Waals surface area (Å²) in [6.07, 6.45) is 3.63. The number of halogens is 2. The standard InChI is InChI=1S/C22H23F2N5OS/c23-18-10-9-16(13-19(18)24)25-21(30)15-31-22-27-26-20(14-28-11-5-2-6-12-28)29(22)17-7-3-1-4-8-17/h1,3-4,7-10,13H,2,5-6,11-12,14-15H2,(H,25,30). The lowest BCUT2D eigenvalue weighted by molar-refractivity contribution is -0.113. The Bertz CT molecular complexity index is 1040. The summed E-state index contributed by atoms with van der Waals surface area (Å²) in [5, 5.41) is 11.9. The largest absolute Gasteiger partial charge is 0.325 e. The molecule has 1 saturated heterocycles. The maximum atomic E-state index is 13.4. The van der Waals surface area contributed by atoms with Gasteiger partial charge in [-0.2, -0.15) is 0 Å². The molecule has 162 valence electrons. The smallest absolute Gasteiger partial charge is 0.234 e. The van der Waals surface area contributed by atoms with Gasteiger partial charge in [0, 0.05) is 17.4 Å². The van der Waals surface area contributed by atoms with Crippen molar-refractivity contribution in [3.8, 4) is 5.69 Å². The van der Waals surface area contributed by atoms with E-state index in [1.807, 2.05) is 34.9 Å². The monoisotopic (exact) mass is 443 g/mol. The fraction of sp³-hybridized carbons (Fsp3) is 0.318. The van der Waals surface area contributed by atoms with E-state index in [4.69, 9.17) is 0 Å². The molecule has 0 radical (unpaired) electrons. The fourth-order valence-electron chi connectivity index (χ4n) is 3.55. The van der Waals surface area contributed by atoms with E-state index in [1.54, 1.807) is 0 Å². The Kier molecular flexibility index (Phi) is 6.93. The first-order valence-electron chi connectivity index (χ1n) is 10.2. The van der Waals surface area contributed by atoms with Gasteiger partial charge in [-0.25, -0.2) is 8.78 Å². The molecule has 1 aromatic heterocycles. The third-order valence-electron chi connectivity index (χ3n) is 5.06. The highest BCUT2D eigenvalue weighted by atomic mass is 32.2. The van der Waals surface area contributed by atoms with Crippen molar-refractivity contribution in [1.29, 1.82) is 0 Å². The molecule has 0 spiro atoms. The molecular formula is C22H23F2N5OS. The number of carbonyl (C=O) groups excluding carboxylic acids is 1. The van der Waals surface area contributed by atoms with E-state index in [0.29, 0.717) is 11.7 Å². The van der Waals surface area contributed by atoms with Crippen LogP contribution in [-0.4, -0.2) is 44.4 Å². The number of hydrogen-bond donors (Lipinski definition) is 1. The number of nitrogens with zero attached hydrogens (tertiary/aromatic N) is 4. The fourth-order valence-corrected chi connectivity index (χ4v) is 4.32. The van der Waals surface area contributed by atoms with Gasteiger partial charge in [-0.15, -0.1) is 10.2 Å². The second-order valence-electron chi connectivity index (χ2n) is 7.37. The van der Waals surface area contributed by atoms with Crippen molar-refractivity contribution in [3.05, 3.63) is 66.0 Å². The van der Waals surface area contributed by atoms with Gasteiger partial charge in [0.1, 0.15) is 0 Å². The van der Waals surface area contributed by atoms with Crippen LogP contribution in [0.25, 0.3) is 5.69 Å². The molecule has 0 bridgehead atoms. The number of rotatable bonds is 7. The van der Waals surface area contributed by atoms with E-state index < -0.39 is 11.6 Å². The quantitative estimate of drug-likeness (QED) is 0.553. The van der Waals surface area contributed by atoms with Crippen molar-refractivity contribution in [2.45, 2.75) is 31.0 Å². The van der Waals surface area contributed by atoms with Gasteiger partial charge in [-0.05, 0) is 50.2 Å². The number of thioether (sulfide) groups is 1. The summed E-state index contributed by atoms with van der Waals surface area (Å²) < 4.78 is 28.4. The molecule has 0 aliphatic carbocycles. The van der Waals surface area contributed by atoms with Crippen LogP contribution in [0.5, 0.6) is 0 Å². The van der Waals surface area contributed by atoms with Crippen LogP contribution in [0, 0.1) is 11.6 Å². The molecule has 1 aliphatic heterocycles. The Hall–Kier alpha value is -2.78. The van der Waals surface area contributed by atoms with Crippen LogP contribution < -0.4 is 5.32 Å². The molecule has 0 saturated carbocycles. The third kappa shape index (κ3) is 5.48. The highest BCUT2D eigenvalue weighted by Gasteiger charge is 2.19. The van der Waals surface area contributed by atoms with Gasteiger partial charge in [-0.1, -0.05) is 36.4 Å².